The highest BCUT2D eigenvalue weighted by atomic mass is 16.6. The van der Waals surface area contributed by atoms with Gasteiger partial charge < -0.3 is 24.3 Å². The van der Waals surface area contributed by atoms with E-state index in [2.05, 4.69) is 35.5 Å². The first kappa shape index (κ1) is 19.9. The molecule has 0 heterocycles. The lowest BCUT2D eigenvalue weighted by molar-refractivity contribution is 0.00155. The van der Waals surface area contributed by atoms with Crippen LogP contribution in [0, 0.1) is 12.3 Å². The molecule has 1 aromatic rings. The zero-order valence-electron chi connectivity index (χ0n) is 14.9. The summed E-state index contributed by atoms with van der Waals surface area (Å²) in [6, 6.07) is 9.14. The van der Waals surface area contributed by atoms with Crippen LogP contribution in [0.2, 0.25) is 0 Å². The number of ether oxygens (including phenoxy) is 4. The van der Waals surface area contributed by atoms with Gasteiger partial charge in [-0.3, -0.25) is 0 Å². The Balaban J connectivity index is 1.35. The predicted molar refractivity (Wildman–Crippen MR) is 97.6 cm³/mol. The van der Waals surface area contributed by atoms with Crippen LogP contribution >= 0.6 is 0 Å². The van der Waals surface area contributed by atoms with Crippen LogP contribution in [0.4, 0.5) is 0 Å². The quantitative estimate of drug-likeness (QED) is 0.412. The summed E-state index contributed by atoms with van der Waals surface area (Å²) in [5.41, 5.74) is 2.91. The van der Waals surface area contributed by atoms with Crippen LogP contribution < -0.4 is 5.32 Å². The molecule has 0 spiro atoms. The third-order valence-electron chi connectivity index (χ3n) is 4.07. The lowest BCUT2D eigenvalue weighted by Gasteiger charge is -2.14. The fourth-order valence-electron chi connectivity index (χ4n) is 2.87. The largest absolute Gasteiger partial charge is 0.378 e. The molecule has 138 valence electrons. The molecule has 25 heavy (non-hydrogen) atoms. The molecule has 1 unspecified atom stereocenters. The number of aryl methyl sites for hydroxylation is 1. The highest BCUT2D eigenvalue weighted by Crippen LogP contribution is 2.30. The summed E-state index contributed by atoms with van der Waals surface area (Å²) in [6.45, 7) is 5.27. The van der Waals surface area contributed by atoms with Gasteiger partial charge in [0, 0.05) is 12.6 Å². The third kappa shape index (κ3) is 8.00. The van der Waals surface area contributed by atoms with E-state index in [0.29, 0.717) is 58.9 Å². The van der Waals surface area contributed by atoms with Crippen LogP contribution in [-0.4, -0.2) is 59.4 Å². The Kier molecular flexibility index (Phi) is 10.2. The molecule has 1 aliphatic carbocycles. The normalized spacial score (nSPS) is 15.9. The summed E-state index contributed by atoms with van der Waals surface area (Å²) in [5, 5.41) is 3.57. The Labute approximate surface area is 151 Å². The molecule has 0 bridgehead atoms. The average Bonchev–Trinajstić information content (AvgIpc) is 3.05. The topological polar surface area (TPSA) is 49.0 Å². The van der Waals surface area contributed by atoms with Gasteiger partial charge in [0.2, 0.25) is 0 Å². The number of terminal acetylenes is 1. The second-order valence-electron chi connectivity index (χ2n) is 5.84. The van der Waals surface area contributed by atoms with E-state index in [1.54, 1.807) is 0 Å². The number of hydrogen-bond donors (Lipinski definition) is 1. The predicted octanol–water partition coefficient (Wildman–Crippen LogP) is 1.96. The molecule has 0 fully saturated rings. The first-order valence-electron chi connectivity index (χ1n) is 8.97. The molecule has 1 aromatic carbocycles. The first-order chi connectivity index (χ1) is 12.4. The van der Waals surface area contributed by atoms with E-state index in [0.717, 1.165) is 6.54 Å². The Morgan fingerprint density at radius 1 is 0.920 bits per heavy atom. The van der Waals surface area contributed by atoms with Crippen molar-refractivity contribution in [2.75, 3.05) is 59.4 Å². The Morgan fingerprint density at radius 2 is 1.56 bits per heavy atom. The van der Waals surface area contributed by atoms with Crippen molar-refractivity contribution in [3.63, 3.8) is 0 Å². The summed E-state index contributed by atoms with van der Waals surface area (Å²) < 4.78 is 21.5. The van der Waals surface area contributed by atoms with Crippen molar-refractivity contribution in [3.8, 4) is 12.3 Å². The van der Waals surface area contributed by atoms with Crippen molar-refractivity contribution in [1.29, 1.82) is 0 Å². The van der Waals surface area contributed by atoms with Gasteiger partial charge in [0.25, 0.3) is 0 Å². The van der Waals surface area contributed by atoms with Gasteiger partial charge in [0.1, 0.15) is 6.61 Å². The Bertz CT molecular complexity index is 515. The highest BCUT2D eigenvalue weighted by molar-refractivity contribution is 5.34. The molecular formula is C20H29NO4. The summed E-state index contributed by atoms with van der Waals surface area (Å²) in [6.07, 6.45) is 7.41. The molecule has 2 rings (SSSR count). The van der Waals surface area contributed by atoms with Crippen LogP contribution in [-0.2, 0) is 25.4 Å². The lowest BCUT2D eigenvalue weighted by Crippen LogP contribution is -2.24. The Morgan fingerprint density at radius 3 is 2.28 bits per heavy atom. The number of rotatable bonds is 14. The van der Waals surface area contributed by atoms with Gasteiger partial charge in [-0.15, -0.1) is 6.42 Å². The maximum absolute atomic E-state index is 5.59. The maximum atomic E-state index is 5.59. The standard InChI is InChI=1S/C20H29NO4/c1-2-10-22-12-14-24-16-17-25-15-13-23-11-9-21-20-8-7-18-5-3-4-6-19(18)20/h1,3-6,20-21H,7-17H2. The molecule has 0 aliphatic heterocycles. The molecule has 1 aliphatic rings. The SMILES string of the molecule is C#CCOCCOCCOCCOCCNC1CCc2ccccc21. The van der Waals surface area contributed by atoms with Gasteiger partial charge in [0.05, 0.1) is 46.2 Å². The van der Waals surface area contributed by atoms with Gasteiger partial charge in [-0.1, -0.05) is 30.2 Å². The van der Waals surface area contributed by atoms with Gasteiger partial charge in [-0.05, 0) is 24.0 Å². The van der Waals surface area contributed by atoms with Gasteiger partial charge in [0.15, 0.2) is 0 Å². The van der Waals surface area contributed by atoms with Crippen molar-refractivity contribution in [3.05, 3.63) is 35.4 Å². The molecule has 0 amide bonds. The van der Waals surface area contributed by atoms with Crippen molar-refractivity contribution < 1.29 is 18.9 Å². The van der Waals surface area contributed by atoms with Crippen molar-refractivity contribution in [1.82, 2.24) is 5.32 Å². The minimum absolute atomic E-state index is 0.333. The minimum atomic E-state index is 0.333. The van der Waals surface area contributed by atoms with E-state index in [9.17, 15) is 0 Å². The number of nitrogens with one attached hydrogen (secondary N) is 1. The fourth-order valence-corrected chi connectivity index (χ4v) is 2.87. The zero-order chi connectivity index (χ0) is 17.6. The number of benzene rings is 1. The average molecular weight is 347 g/mol. The van der Waals surface area contributed by atoms with Crippen LogP contribution in [0.3, 0.4) is 0 Å². The fraction of sp³-hybridized carbons (Fsp3) is 0.600. The third-order valence-corrected chi connectivity index (χ3v) is 4.07. The van der Waals surface area contributed by atoms with E-state index < -0.39 is 0 Å². The summed E-state index contributed by atoms with van der Waals surface area (Å²) in [5.74, 6) is 2.41. The van der Waals surface area contributed by atoms with Crippen LogP contribution in [0.5, 0.6) is 0 Å². The van der Waals surface area contributed by atoms with E-state index in [-0.39, 0.29) is 0 Å². The monoisotopic (exact) mass is 347 g/mol. The number of hydrogen-bond acceptors (Lipinski definition) is 5. The Hall–Kier alpha value is -1.42. The smallest absolute Gasteiger partial charge is 0.107 e. The summed E-state index contributed by atoms with van der Waals surface area (Å²) >= 11 is 0. The van der Waals surface area contributed by atoms with E-state index in [1.807, 2.05) is 0 Å². The molecule has 0 aromatic heterocycles. The molecular weight excluding hydrogens is 318 g/mol. The van der Waals surface area contributed by atoms with Gasteiger partial charge in [-0.2, -0.15) is 0 Å². The van der Waals surface area contributed by atoms with Gasteiger partial charge in [-0.25, -0.2) is 0 Å². The number of fused-ring (bicyclic) bond motifs is 1. The van der Waals surface area contributed by atoms with Crippen molar-refractivity contribution >= 4 is 0 Å². The summed E-state index contributed by atoms with van der Waals surface area (Å²) in [4.78, 5) is 0. The second-order valence-corrected chi connectivity index (χ2v) is 5.84. The highest BCUT2D eigenvalue weighted by Gasteiger charge is 2.20. The van der Waals surface area contributed by atoms with E-state index in [1.165, 1.54) is 24.0 Å². The van der Waals surface area contributed by atoms with Gasteiger partial charge >= 0.3 is 0 Å². The van der Waals surface area contributed by atoms with Crippen LogP contribution in [0.25, 0.3) is 0 Å². The second kappa shape index (κ2) is 12.9. The van der Waals surface area contributed by atoms with E-state index in [4.69, 9.17) is 25.4 Å². The van der Waals surface area contributed by atoms with Crippen molar-refractivity contribution in [2.24, 2.45) is 0 Å². The molecule has 5 nitrogen and oxygen atoms in total. The first-order valence-corrected chi connectivity index (χ1v) is 8.97. The lowest BCUT2D eigenvalue weighted by atomic mass is 10.1. The van der Waals surface area contributed by atoms with Crippen LogP contribution in [0.15, 0.2) is 24.3 Å². The minimum Gasteiger partial charge on any atom is -0.378 e. The molecule has 0 saturated heterocycles. The van der Waals surface area contributed by atoms with Crippen LogP contribution in [0.1, 0.15) is 23.6 Å². The summed E-state index contributed by atoms with van der Waals surface area (Å²) in [7, 11) is 0. The molecule has 0 radical (unpaired) electrons. The molecule has 1 atom stereocenters. The van der Waals surface area contributed by atoms with E-state index >= 15 is 0 Å². The maximum Gasteiger partial charge on any atom is 0.107 e. The zero-order valence-corrected chi connectivity index (χ0v) is 14.9. The molecule has 5 heteroatoms. The van der Waals surface area contributed by atoms with Crippen molar-refractivity contribution in [2.45, 2.75) is 18.9 Å². The molecule has 1 N–H and O–H groups in total. The molecule has 0 saturated carbocycles.